The van der Waals surface area contributed by atoms with Crippen molar-refractivity contribution in [2.75, 3.05) is 4.90 Å². The first-order valence-corrected chi connectivity index (χ1v) is 17.0. The van der Waals surface area contributed by atoms with Gasteiger partial charge >= 0.3 is 0 Å². The van der Waals surface area contributed by atoms with Gasteiger partial charge < -0.3 is 13.6 Å². The molecule has 52 heavy (non-hydrogen) atoms. The number of furan rings is 1. The van der Waals surface area contributed by atoms with Crippen LogP contribution in [0.15, 0.2) is 150 Å². The minimum atomic E-state index is -0.437. The Labute approximate surface area is 295 Å². The lowest BCUT2D eigenvalue weighted by atomic mass is 10.1. The van der Waals surface area contributed by atoms with Gasteiger partial charge in [0.1, 0.15) is 17.2 Å². The van der Waals surface area contributed by atoms with Crippen molar-refractivity contribution in [1.29, 1.82) is 5.26 Å². The van der Waals surface area contributed by atoms with Crippen molar-refractivity contribution in [2.45, 2.75) is 0 Å². The maximum Gasteiger partial charge on any atom is 0.266 e. The molecule has 1 aliphatic heterocycles. The number of fused-ring (bicyclic) bond motifs is 11. The first kappa shape index (κ1) is 28.4. The molecule has 0 unspecified atom stereocenters. The van der Waals surface area contributed by atoms with Gasteiger partial charge in [-0.25, -0.2) is 4.90 Å². The molecule has 0 bridgehead atoms. The summed E-state index contributed by atoms with van der Waals surface area (Å²) >= 11 is 0. The Balaban J connectivity index is 1.18. The normalized spacial score (nSPS) is 13.0. The molecule has 3 aromatic heterocycles. The molecule has 0 fully saturated rings. The van der Waals surface area contributed by atoms with E-state index in [2.05, 4.69) is 81.9 Å². The number of imide groups is 1. The molecule has 0 saturated carbocycles. The van der Waals surface area contributed by atoms with Crippen molar-refractivity contribution < 1.29 is 14.0 Å². The lowest BCUT2D eigenvalue weighted by Crippen LogP contribution is -2.30. The summed E-state index contributed by atoms with van der Waals surface area (Å²) in [7, 11) is 0. The first-order valence-electron chi connectivity index (χ1n) is 17.0. The third kappa shape index (κ3) is 3.67. The average Bonchev–Trinajstić information content (AvgIpc) is 3.90. The molecular formula is C45H24N4O3. The number of amides is 2. The van der Waals surface area contributed by atoms with Gasteiger partial charge in [0.05, 0.1) is 44.4 Å². The van der Waals surface area contributed by atoms with Crippen LogP contribution in [0, 0.1) is 11.3 Å². The Kier molecular flexibility index (Phi) is 5.63. The Morgan fingerprint density at radius 3 is 1.63 bits per heavy atom. The molecule has 10 aromatic rings. The molecule has 7 nitrogen and oxygen atoms in total. The van der Waals surface area contributed by atoms with E-state index in [9.17, 15) is 14.9 Å². The fourth-order valence-electron chi connectivity index (χ4n) is 8.27. The van der Waals surface area contributed by atoms with Crippen LogP contribution in [-0.2, 0) is 0 Å². The molecule has 0 N–H and O–H groups in total. The molecule has 0 aliphatic carbocycles. The second-order valence-corrected chi connectivity index (χ2v) is 13.1. The number of hydrogen-bond donors (Lipinski definition) is 0. The van der Waals surface area contributed by atoms with E-state index >= 15 is 0 Å². The highest BCUT2D eigenvalue weighted by atomic mass is 16.3. The molecular weight excluding hydrogens is 645 g/mol. The highest BCUT2D eigenvalue weighted by Crippen LogP contribution is 2.43. The van der Waals surface area contributed by atoms with E-state index in [0.29, 0.717) is 11.1 Å². The number of para-hydroxylation sites is 3. The number of carbonyl (C=O) groups excluding carboxylic acids is 2. The second kappa shape index (κ2) is 10.3. The number of aromatic nitrogens is 2. The first-order chi connectivity index (χ1) is 25.6. The molecule has 242 valence electrons. The van der Waals surface area contributed by atoms with Crippen LogP contribution < -0.4 is 4.90 Å². The number of nitriles is 1. The SMILES string of the molecule is N#Cc1ccc(-n2c3ccccc3c3c4c5ccccc5n(-c5ccc6oc7ccccc7c6c5)c4ccc32)cc1N1C(=O)c2ccccc2C1=O. The summed E-state index contributed by atoms with van der Waals surface area (Å²) < 4.78 is 10.6. The van der Waals surface area contributed by atoms with E-state index < -0.39 is 11.8 Å². The predicted octanol–water partition coefficient (Wildman–Crippen LogP) is 10.5. The van der Waals surface area contributed by atoms with Crippen LogP contribution in [0.25, 0.3) is 76.9 Å². The summed E-state index contributed by atoms with van der Waals surface area (Å²) in [6, 6.07) is 49.9. The average molecular weight is 669 g/mol. The van der Waals surface area contributed by atoms with Gasteiger partial charge in [0.25, 0.3) is 11.8 Å². The zero-order valence-corrected chi connectivity index (χ0v) is 27.4. The van der Waals surface area contributed by atoms with E-state index in [1.54, 1.807) is 36.4 Å². The number of benzene rings is 7. The van der Waals surface area contributed by atoms with E-state index in [4.69, 9.17) is 4.42 Å². The van der Waals surface area contributed by atoms with E-state index in [1.165, 1.54) is 0 Å². The van der Waals surface area contributed by atoms with Gasteiger partial charge in [-0.1, -0.05) is 66.7 Å². The van der Waals surface area contributed by atoms with E-state index in [-0.39, 0.29) is 11.3 Å². The van der Waals surface area contributed by atoms with Crippen molar-refractivity contribution in [3.05, 3.63) is 162 Å². The quantitative estimate of drug-likeness (QED) is 0.175. The molecule has 1 aliphatic rings. The summed E-state index contributed by atoms with van der Waals surface area (Å²) in [6.07, 6.45) is 0. The number of anilines is 1. The van der Waals surface area contributed by atoms with Gasteiger partial charge in [-0.05, 0) is 78.9 Å². The van der Waals surface area contributed by atoms with Gasteiger partial charge in [0.15, 0.2) is 0 Å². The minimum absolute atomic E-state index is 0.242. The largest absolute Gasteiger partial charge is 0.456 e. The Bertz CT molecular complexity index is 3230. The van der Waals surface area contributed by atoms with Crippen LogP contribution >= 0.6 is 0 Å². The highest BCUT2D eigenvalue weighted by Gasteiger charge is 2.37. The van der Waals surface area contributed by atoms with Gasteiger partial charge in [0, 0.05) is 43.7 Å². The predicted molar refractivity (Wildman–Crippen MR) is 205 cm³/mol. The lowest BCUT2D eigenvalue weighted by Gasteiger charge is -2.18. The van der Waals surface area contributed by atoms with Crippen LogP contribution in [0.3, 0.4) is 0 Å². The third-order valence-electron chi connectivity index (χ3n) is 10.5. The highest BCUT2D eigenvalue weighted by molar-refractivity contribution is 6.35. The summed E-state index contributed by atoms with van der Waals surface area (Å²) in [5.41, 5.74) is 8.72. The van der Waals surface area contributed by atoms with Crippen LogP contribution in [-0.4, -0.2) is 20.9 Å². The molecule has 0 spiro atoms. The van der Waals surface area contributed by atoms with Crippen molar-refractivity contribution in [3.63, 3.8) is 0 Å². The van der Waals surface area contributed by atoms with Crippen molar-refractivity contribution in [1.82, 2.24) is 9.13 Å². The monoisotopic (exact) mass is 668 g/mol. The Morgan fingerprint density at radius 2 is 1.00 bits per heavy atom. The molecule has 0 saturated heterocycles. The fourth-order valence-corrected chi connectivity index (χ4v) is 8.27. The summed E-state index contributed by atoms with van der Waals surface area (Å²) in [4.78, 5) is 28.3. The number of hydrogen-bond acceptors (Lipinski definition) is 4. The molecule has 0 atom stereocenters. The lowest BCUT2D eigenvalue weighted by molar-refractivity contribution is 0.0926. The number of rotatable bonds is 3. The van der Waals surface area contributed by atoms with Crippen LogP contribution in [0.4, 0.5) is 5.69 Å². The molecule has 0 radical (unpaired) electrons. The fraction of sp³-hybridized carbons (Fsp3) is 0. The molecule has 7 aromatic carbocycles. The van der Waals surface area contributed by atoms with Crippen LogP contribution in [0.1, 0.15) is 26.3 Å². The van der Waals surface area contributed by atoms with Gasteiger partial charge in [0.2, 0.25) is 0 Å². The number of carbonyl (C=O) groups is 2. The Morgan fingerprint density at radius 1 is 0.481 bits per heavy atom. The smallest absolute Gasteiger partial charge is 0.266 e. The molecule has 11 rings (SSSR count). The minimum Gasteiger partial charge on any atom is -0.456 e. The van der Waals surface area contributed by atoms with Crippen molar-refractivity contribution >= 4 is 83.1 Å². The zero-order chi connectivity index (χ0) is 34.7. The van der Waals surface area contributed by atoms with Gasteiger partial charge in [-0.2, -0.15) is 5.26 Å². The standard InChI is InChI=1S/C45H24N4O3/c46-25-26-17-18-28(24-39(26)49-44(50)30-10-1-2-11-31(30)45(49)51)48-36-15-7-4-13-33(36)43-38(48)21-20-37-42(43)32-12-3-6-14-35(32)47(37)27-19-22-41-34(23-27)29-9-5-8-16-40(29)52-41/h1-24H. The topological polar surface area (TPSA) is 84.2 Å². The van der Waals surface area contributed by atoms with Crippen molar-refractivity contribution in [3.8, 4) is 17.4 Å². The van der Waals surface area contributed by atoms with E-state index in [1.807, 2.05) is 42.5 Å². The second-order valence-electron chi connectivity index (χ2n) is 13.1. The van der Waals surface area contributed by atoms with Gasteiger partial charge in [-0.15, -0.1) is 0 Å². The summed E-state index contributed by atoms with van der Waals surface area (Å²) in [6.45, 7) is 0. The van der Waals surface area contributed by atoms with Crippen LogP contribution in [0.5, 0.6) is 0 Å². The van der Waals surface area contributed by atoms with Gasteiger partial charge in [-0.3, -0.25) is 9.59 Å². The van der Waals surface area contributed by atoms with E-state index in [0.717, 1.165) is 81.8 Å². The third-order valence-corrected chi connectivity index (χ3v) is 10.5. The number of nitrogens with zero attached hydrogens (tertiary/aromatic N) is 4. The maximum absolute atomic E-state index is 13.6. The summed E-state index contributed by atoms with van der Waals surface area (Å²) in [5.74, 6) is -0.875. The summed E-state index contributed by atoms with van der Waals surface area (Å²) in [5, 5.41) is 16.7. The molecule has 4 heterocycles. The maximum atomic E-state index is 13.6. The van der Waals surface area contributed by atoms with Crippen molar-refractivity contribution in [2.24, 2.45) is 0 Å². The molecule has 2 amide bonds. The molecule has 7 heteroatoms. The van der Waals surface area contributed by atoms with Crippen LogP contribution in [0.2, 0.25) is 0 Å². The Hall–Kier alpha value is -7.43. The zero-order valence-electron chi connectivity index (χ0n) is 27.4.